The fourth-order valence-corrected chi connectivity index (χ4v) is 1.99. The van der Waals surface area contributed by atoms with Gasteiger partial charge in [0.05, 0.1) is 9.85 Å². The maximum atomic E-state index is 11.6. The number of nitro groups is 2. The van der Waals surface area contributed by atoms with E-state index >= 15 is 0 Å². The Morgan fingerprint density at radius 3 is 1.32 bits per heavy atom. The molecule has 0 fully saturated rings. The molecule has 0 aromatic heterocycles. The first-order valence-corrected chi connectivity index (χ1v) is 6.73. The lowest BCUT2D eigenvalue weighted by molar-refractivity contribution is -0.385. The van der Waals surface area contributed by atoms with Gasteiger partial charge in [-0.25, -0.2) is 0 Å². The zero-order valence-corrected chi connectivity index (χ0v) is 11.6. The third-order valence-corrected chi connectivity index (χ3v) is 3.08. The number of non-ortho nitro benzene ring substituents is 2. The average Bonchev–Trinajstić information content (AvgIpc) is 2.48. The highest BCUT2D eigenvalue weighted by Gasteiger charge is 2.10. The summed E-state index contributed by atoms with van der Waals surface area (Å²) in [6, 6.07) is 9.86. The second-order valence-corrected chi connectivity index (χ2v) is 4.61. The Morgan fingerprint density at radius 1 is 0.727 bits per heavy atom. The van der Waals surface area contributed by atoms with Crippen LogP contribution in [-0.4, -0.2) is 14.1 Å². The molecular formula is C12H8N2O7S. The molecule has 114 valence electrons. The van der Waals surface area contributed by atoms with Gasteiger partial charge in [-0.3, -0.25) is 20.2 Å². The van der Waals surface area contributed by atoms with E-state index in [2.05, 4.69) is 0 Å². The number of nitrogens with zero attached hydrogens (tertiary/aromatic N) is 2. The first kappa shape index (κ1) is 15.4. The number of rotatable bonds is 6. The Kier molecular flexibility index (Phi) is 4.63. The first-order chi connectivity index (χ1) is 10.5. The summed E-state index contributed by atoms with van der Waals surface area (Å²) in [7, 11) is 0. The van der Waals surface area contributed by atoms with Crippen molar-refractivity contribution in [2.24, 2.45) is 0 Å². The molecule has 0 spiro atoms. The van der Waals surface area contributed by atoms with E-state index in [0.717, 1.165) is 0 Å². The molecule has 0 amide bonds. The SMILES string of the molecule is O=[N+]([O-])c1ccc(OS(=O)Oc2ccc([N+](=O)[O-])cc2)cc1. The van der Waals surface area contributed by atoms with Crippen LogP contribution in [0.2, 0.25) is 0 Å². The normalized spacial score (nSPS) is 10.2. The van der Waals surface area contributed by atoms with Crippen molar-refractivity contribution in [3.05, 3.63) is 68.8 Å². The molecule has 0 N–H and O–H groups in total. The maximum Gasteiger partial charge on any atom is 0.417 e. The highest BCUT2D eigenvalue weighted by molar-refractivity contribution is 7.75. The van der Waals surface area contributed by atoms with Crippen LogP contribution in [0.3, 0.4) is 0 Å². The molecule has 0 saturated heterocycles. The summed E-state index contributed by atoms with van der Waals surface area (Å²) in [5.74, 6) is 0.233. The van der Waals surface area contributed by atoms with Crippen LogP contribution in [0.5, 0.6) is 11.5 Å². The highest BCUT2D eigenvalue weighted by Crippen LogP contribution is 2.21. The smallest absolute Gasteiger partial charge is 0.371 e. The molecule has 2 aromatic carbocycles. The minimum atomic E-state index is -2.20. The molecular weight excluding hydrogens is 316 g/mol. The zero-order chi connectivity index (χ0) is 16.1. The highest BCUT2D eigenvalue weighted by atomic mass is 32.2. The summed E-state index contributed by atoms with van der Waals surface area (Å²) < 4.78 is 21.5. The summed E-state index contributed by atoms with van der Waals surface area (Å²) in [6.07, 6.45) is 0. The molecule has 0 heterocycles. The van der Waals surface area contributed by atoms with Gasteiger partial charge >= 0.3 is 11.4 Å². The van der Waals surface area contributed by atoms with Crippen LogP contribution in [0.4, 0.5) is 11.4 Å². The zero-order valence-electron chi connectivity index (χ0n) is 10.8. The molecule has 9 nitrogen and oxygen atoms in total. The van der Waals surface area contributed by atoms with Crippen LogP contribution in [0.1, 0.15) is 0 Å². The van der Waals surface area contributed by atoms with Gasteiger partial charge in [0.25, 0.3) is 11.4 Å². The summed E-state index contributed by atoms with van der Waals surface area (Å²) in [5, 5.41) is 21.0. The van der Waals surface area contributed by atoms with E-state index in [4.69, 9.17) is 8.37 Å². The van der Waals surface area contributed by atoms with E-state index < -0.39 is 21.2 Å². The Balaban J connectivity index is 1.97. The van der Waals surface area contributed by atoms with Crippen LogP contribution in [0.15, 0.2) is 48.5 Å². The second kappa shape index (κ2) is 6.63. The maximum absolute atomic E-state index is 11.6. The van der Waals surface area contributed by atoms with Crippen molar-refractivity contribution >= 4 is 22.7 Å². The average molecular weight is 324 g/mol. The molecule has 0 aliphatic carbocycles. The van der Waals surface area contributed by atoms with Crippen LogP contribution >= 0.6 is 0 Å². The third-order valence-electron chi connectivity index (χ3n) is 2.42. The molecule has 0 bridgehead atoms. The quantitative estimate of drug-likeness (QED) is 0.591. The van der Waals surface area contributed by atoms with Gasteiger partial charge < -0.3 is 8.37 Å². The molecule has 0 aliphatic rings. The van der Waals surface area contributed by atoms with E-state index in [1.807, 2.05) is 0 Å². The Bertz CT molecular complexity index is 654. The fourth-order valence-electron chi connectivity index (χ4n) is 1.42. The molecule has 2 rings (SSSR count). The predicted octanol–water partition coefficient (Wildman–Crippen LogP) is 2.54. The molecule has 0 aliphatic heterocycles. The van der Waals surface area contributed by atoms with Crippen molar-refractivity contribution in [1.29, 1.82) is 0 Å². The third kappa shape index (κ3) is 3.99. The molecule has 2 aromatic rings. The molecule has 0 radical (unpaired) electrons. The fraction of sp³-hybridized carbons (Fsp3) is 0. The van der Waals surface area contributed by atoms with Gasteiger partial charge in [0, 0.05) is 24.3 Å². The van der Waals surface area contributed by atoms with Gasteiger partial charge in [0.2, 0.25) is 0 Å². The number of benzene rings is 2. The van der Waals surface area contributed by atoms with E-state index in [-0.39, 0.29) is 22.9 Å². The Labute approximate surface area is 126 Å². The Hall–Kier alpha value is -3.01. The number of hydrogen-bond donors (Lipinski definition) is 0. The number of hydrogen-bond acceptors (Lipinski definition) is 7. The molecule has 0 atom stereocenters. The molecule has 0 unspecified atom stereocenters. The Morgan fingerprint density at radius 2 is 1.05 bits per heavy atom. The van der Waals surface area contributed by atoms with Crippen LogP contribution in [0.25, 0.3) is 0 Å². The van der Waals surface area contributed by atoms with Gasteiger partial charge in [0.15, 0.2) is 0 Å². The van der Waals surface area contributed by atoms with Crippen LogP contribution in [-0.2, 0) is 11.4 Å². The monoisotopic (exact) mass is 324 g/mol. The predicted molar refractivity (Wildman–Crippen MR) is 75.6 cm³/mol. The van der Waals surface area contributed by atoms with Crippen molar-refractivity contribution in [2.45, 2.75) is 0 Å². The molecule has 0 saturated carbocycles. The van der Waals surface area contributed by atoms with E-state index in [1.54, 1.807) is 0 Å². The van der Waals surface area contributed by atoms with Crippen LogP contribution < -0.4 is 8.37 Å². The van der Waals surface area contributed by atoms with Gasteiger partial charge in [-0.15, -0.1) is 0 Å². The second-order valence-electron chi connectivity index (χ2n) is 3.87. The summed E-state index contributed by atoms with van der Waals surface area (Å²) in [5.41, 5.74) is -0.260. The minimum Gasteiger partial charge on any atom is -0.371 e. The standard InChI is InChI=1S/C12H8N2O7S/c15-13(16)9-1-5-11(6-2-9)20-22(19)21-12-7-3-10(4-8-12)14(17)18/h1-8H. The van der Waals surface area contributed by atoms with Crippen molar-refractivity contribution in [3.8, 4) is 11.5 Å². The van der Waals surface area contributed by atoms with Crippen molar-refractivity contribution < 1.29 is 22.4 Å². The van der Waals surface area contributed by atoms with E-state index in [0.29, 0.717) is 0 Å². The first-order valence-electron chi connectivity index (χ1n) is 5.73. The van der Waals surface area contributed by atoms with E-state index in [1.165, 1.54) is 48.5 Å². The van der Waals surface area contributed by atoms with Crippen molar-refractivity contribution in [2.75, 3.05) is 0 Å². The topological polar surface area (TPSA) is 122 Å². The van der Waals surface area contributed by atoms with Crippen molar-refractivity contribution in [1.82, 2.24) is 0 Å². The lowest BCUT2D eigenvalue weighted by atomic mass is 10.3. The minimum absolute atomic E-state index is 0.117. The van der Waals surface area contributed by atoms with E-state index in [9.17, 15) is 24.4 Å². The summed E-state index contributed by atoms with van der Waals surface area (Å²) in [4.78, 5) is 19.8. The van der Waals surface area contributed by atoms with Crippen LogP contribution in [0, 0.1) is 20.2 Å². The lowest BCUT2D eigenvalue weighted by Crippen LogP contribution is -2.08. The summed E-state index contributed by atoms with van der Waals surface area (Å²) in [6.45, 7) is 0. The van der Waals surface area contributed by atoms with Crippen molar-refractivity contribution in [3.63, 3.8) is 0 Å². The number of nitro benzene ring substituents is 2. The van der Waals surface area contributed by atoms with Gasteiger partial charge in [-0.1, -0.05) is 0 Å². The summed E-state index contributed by atoms with van der Waals surface area (Å²) >= 11 is -2.20. The van der Waals surface area contributed by atoms with Gasteiger partial charge in [-0.05, 0) is 24.3 Å². The lowest BCUT2D eigenvalue weighted by Gasteiger charge is -2.05. The van der Waals surface area contributed by atoms with Gasteiger partial charge in [0.1, 0.15) is 11.5 Å². The van der Waals surface area contributed by atoms with Gasteiger partial charge in [-0.2, -0.15) is 4.21 Å². The molecule has 10 heteroatoms. The largest absolute Gasteiger partial charge is 0.417 e. The molecule has 22 heavy (non-hydrogen) atoms.